The molecule has 4 rings (SSSR count). The molecule has 0 saturated carbocycles. The van der Waals surface area contributed by atoms with Crippen molar-refractivity contribution in [1.82, 2.24) is 9.97 Å². The normalized spacial score (nSPS) is 11.3. The Morgan fingerprint density at radius 2 is 1.93 bits per heavy atom. The van der Waals surface area contributed by atoms with E-state index in [0.717, 1.165) is 6.26 Å². The van der Waals surface area contributed by atoms with Gasteiger partial charge in [-0.15, -0.1) is 0 Å². The second-order valence-corrected chi connectivity index (χ2v) is 9.22. The first kappa shape index (κ1) is 19.0. The molecule has 2 aromatic carbocycles. The van der Waals surface area contributed by atoms with E-state index < -0.39 is 9.84 Å². The van der Waals surface area contributed by atoms with E-state index in [2.05, 4.69) is 15.3 Å². The molecule has 0 spiro atoms. The van der Waals surface area contributed by atoms with Gasteiger partial charge in [-0.3, -0.25) is 10.1 Å². The molecule has 0 fully saturated rings. The molecule has 2 heterocycles. The summed E-state index contributed by atoms with van der Waals surface area (Å²) >= 11 is 1.21. The number of aromatic nitrogens is 2. The summed E-state index contributed by atoms with van der Waals surface area (Å²) in [7, 11) is -3.31. The predicted molar refractivity (Wildman–Crippen MR) is 111 cm³/mol. The number of carbonyl (C=O) groups excluding carboxylic acids is 1. The fourth-order valence-corrected chi connectivity index (χ4v) is 4.21. The van der Waals surface area contributed by atoms with Crippen molar-refractivity contribution in [3.8, 4) is 11.6 Å². The number of anilines is 1. The molecule has 29 heavy (non-hydrogen) atoms. The van der Waals surface area contributed by atoms with Crippen molar-refractivity contribution in [2.45, 2.75) is 4.90 Å². The zero-order valence-corrected chi connectivity index (χ0v) is 16.8. The summed E-state index contributed by atoms with van der Waals surface area (Å²) < 4.78 is 29.7. The SMILES string of the molecule is CS(=O)(=O)c1ccc2nc(NC(=O)c3cccc(Oc4ccccn4)c3)sc2c1. The van der Waals surface area contributed by atoms with E-state index in [1.165, 1.54) is 17.4 Å². The first-order valence-electron chi connectivity index (χ1n) is 8.49. The number of hydrogen-bond donors (Lipinski definition) is 1. The fourth-order valence-electron chi connectivity index (χ4n) is 2.59. The van der Waals surface area contributed by atoms with Crippen molar-refractivity contribution in [1.29, 1.82) is 0 Å². The van der Waals surface area contributed by atoms with Crippen LogP contribution in [-0.4, -0.2) is 30.5 Å². The van der Waals surface area contributed by atoms with Crippen LogP contribution in [0.2, 0.25) is 0 Å². The standard InChI is InChI=1S/C20H15N3O4S2/c1-29(25,26)15-8-9-16-17(12-15)28-20(22-16)23-19(24)13-5-4-6-14(11-13)27-18-7-2-3-10-21-18/h2-12H,1H3,(H,22,23,24). The van der Waals surface area contributed by atoms with Crippen molar-refractivity contribution in [3.63, 3.8) is 0 Å². The summed E-state index contributed by atoms with van der Waals surface area (Å²) in [5.41, 5.74) is 1.01. The predicted octanol–water partition coefficient (Wildman–Crippen LogP) is 4.14. The number of benzene rings is 2. The van der Waals surface area contributed by atoms with E-state index in [1.807, 2.05) is 0 Å². The first-order chi connectivity index (χ1) is 13.9. The number of ether oxygens (including phenoxy) is 1. The smallest absolute Gasteiger partial charge is 0.257 e. The van der Waals surface area contributed by atoms with Gasteiger partial charge in [-0.05, 0) is 42.5 Å². The Morgan fingerprint density at radius 1 is 1.07 bits per heavy atom. The van der Waals surface area contributed by atoms with Crippen LogP contribution in [0.15, 0.2) is 71.8 Å². The maximum atomic E-state index is 12.6. The summed E-state index contributed by atoms with van der Waals surface area (Å²) in [5.74, 6) is 0.565. The van der Waals surface area contributed by atoms with Crippen LogP contribution in [0.4, 0.5) is 5.13 Å². The number of hydrogen-bond acceptors (Lipinski definition) is 7. The van der Waals surface area contributed by atoms with Crippen LogP contribution >= 0.6 is 11.3 Å². The highest BCUT2D eigenvalue weighted by Gasteiger charge is 2.13. The van der Waals surface area contributed by atoms with E-state index >= 15 is 0 Å². The molecule has 0 radical (unpaired) electrons. The topological polar surface area (TPSA) is 98.2 Å². The van der Waals surface area contributed by atoms with Gasteiger partial charge in [-0.25, -0.2) is 18.4 Å². The van der Waals surface area contributed by atoms with Gasteiger partial charge in [0.25, 0.3) is 5.91 Å². The highest BCUT2D eigenvalue weighted by Crippen LogP contribution is 2.29. The molecule has 1 amide bonds. The molecule has 0 aliphatic carbocycles. The number of thiazole rings is 1. The highest BCUT2D eigenvalue weighted by atomic mass is 32.2. The van der Waals surface area contributed by atoms with E-state index in [4.69, 9.17) is 4.74 Å². The minimum Gasteiger partial charge on any atom is -0.439 e. The van der Waals surface area contributed by atoms with Gasteiger partial charge in [0.05, 0.1) is 15.1 Å². The van der Waals surface area contributed by atoms with Crippen molar-refractivity contribution >= 4 is 42.4 Å². The molecule has 0 aliphatic rings. The molecule has 0 atom stereocenters. The van der Waals surface area contributed by atoms with Gasteiger partial charge in [0.2, 0.25) is 5.88 Å². The highest BCUT2D eigenvalue weighted by molar-refractivity contribution is 7.90. The number of sulfone groups is 1. The maximum Gasteiger partial charge on any atom is 0.257 e. The second kappa shape index (κ2) is 7.61. The molecule has 146 valence electrons. The van der Waals surface area contributed by atoms with Crippen LogP contribution in [-0.2, 0) is 9.84 Å². The molecule has 0 aliphatic heterocycles. The van der Waals surface area contributed by atoms with Crippen molar-refractivity contribution in [2.24, 2.45) is 0 Å². The van der Waals surface area contributed by atoms with Crippen molar-refractivity contribution < 1.29 is 17.9 Å². The van der Waals surface area contributed by atoms with Crippen molar-refractivity contribution in [2.75, 3.05) is 11.6 Å². The third-order valence-corrected chi connectivity index (χ3v) is 6.01. The van der Waals surface area contributed by atoms with E-state index in [-0.39, 0.29) is 10.8 Å². The number of carbonyl (C=O) groups is 1. The fraction of sp³-hybridized carbons (Fsp3) is 0.0500. The third-order valence-electron chi connectivity index (χ3n) is 3.96. The van der Waals surface area contributed by atoms with Gasteiger partial charge in [0, 0.05) is 24.1 Å². The Morgan fingerprint density at radius 3 is 2.69 bits per heavy atom. The number of pyridine rings is 1. The quantitative estimate of drug-likeness (QED) is 0.516. The monoisotopic (exact) mass is 425 g/mol. The Balaban J connectivity index is 1.54. The van der Waals surface area contributed by atoms with Gasteiger partial charge in [0.1, 0.15) is 5.75 Å². The molecule has 0 unspecified atom stereocenters. The lowest BCUT2D eigenvalue weighted by Crippen LogP contribution is -2.11. The summed E-state index contributed by atoms with van der Waals surface area (Å²) in [6, 6.07) is 16.7. The molecular formula is C20H15N3O4S2. The van der Waals surface area contributed by atoms with Gasteiger partial charge in [-0.2, -0.15) is 0 Å². The maximum absolute atomic E-state index is 12.6. The molecule has 4 aromatic rings. The lowest BCUT2D eigenvalue weighted by molar-refractivity contribution is 0.102. The Kier molecular flexibility index (Phi) is 4.99. The summed E-state index contributed by atoms with van der Waals surface area (Å²) in [4.78, 5) is 21.3. The van der Waals surface area contributed by atoms with Crippen molar-refractivity contribution in [3.05, 3.63) is 72.4 Å². The van der Waals surface area contributed by atoms with E-state index in [1.54, 1.807) is 60.8 Å². The molecule has 0 saturated heterocycles. The summed E-state index contributed by atoms with van der Waals surface area (Å²) in [6.07, 6.45) is 2.77. The zero-order chi connectivity index (χ0) is 20.4. The number of nitrogens with one attached hydrogen (secondary N) is 1. The number of rotatable bonds is 5. The largest absolute Gasteiger partial charge is 0.439 e. The summed E-state index contributed by atoms with van der Waals surface area (Å²) in [5, 5.41) is 3.13. The number of fused-ring (bicyclic) bond motifs is 1. The Hall–Kier alpha value is -3.30. The average Bonchev–Trinajstić information content (AvgIpc) is 3.09. The van der Waals surface area contributed by atoms with Gasteiger partial charge < -0.3 is 4.74 Å². The van der Waals surface area contributed by atoms with Crippen LogP contribution in [0.1, 0.15) is 10.4 Å². The minimum atomic E-state index is -3.31. The molecule has 1 N–H and O–H groups in total. The number of amides is 1. The zero-order valence-electron chi connectivity index (χ0n) is 15.2. The lowest BCUT2D eigenvalue weighted by atomic mass is 10.2. The average molecular weight is 425 g/mol. The van der Waals surface area contributed by atoms with E-state index in [9.17, 15) is 13.2 Å². The van der Waals surface area contributed by atoms with Crippen LogP contribution in [0.5, 0.6) is 11.6 Å². The van der Waals surface area contributed by atoms with Gasteiger partial charge in [-0.1, -0.05) is 23.5 Å². The minimum absolute atomic E-state index is 0.214. The first-order valence-corrected chi connectivity index (χ1v) is 11.2. The van der Waals surface area contributed by atoms with Crippen LogP contribution in [0, 0.1) is 0 Å². The Bertz CT molecular complexity index is 1300. The van der Waals surface area contributed by atoms with E-state index in [0.29, 0.717) is 32.5 Å². The van der Waals surface area contributed by atoms with Crippen LogP contribution in [0.3, 0.4) is 0 Å². The number of nitrogens with zero attached hydrogens (tertiary/aromatic N) is 2. The lowest BCUT2D eigenvalue weighted by Gasteiger charge is -2.06. The molecule has 9 heteroatoms. The third kappa shape index (κ3) is 4.41. The van der Waals surface area contributed by atoms with Gasteiger partial charge in [0.15, 0.2) is 15.0 Å². The second-order valence-electron chi connectivity index (χ2n) is 6.17. The molecular weight excluding hydrogens is 410 g/mol. The van der Waals surface area contributed by atoms with Crippen LogP contribution < -0.4 is 10.1 Å². The van der Waals surface area contributed by atoms with Gasteiger partial charge >= 0.3 is 0 Å². The molecule has 2 aromatic heterocycles. The summed E-state index contributed by atoms with van der Waals surface area (Å²) in [6.45, 7) is 0. The molecule has 0 bridgehead atoms. The van der Waals surface area contributed by atoms with Crippen LogP contribution in [0.25, 0.3) is 10.2 Å². The Labute approximate surface area is 170 Å². The molecule has 7 nitrogen and oxygen atoms in total.